The maximum absolute atomic E-state index is 11.9. The number of hydrogen-bond donors (Lipinski definition) is 2. The van der Waals surface area contributed by atoms with Gasteiger partial charge in [-0.1, -0.05) is 32.1 Å². The van der Waals surface area contributed by atoms with Crippen molar-refractivity contribution < 1.29 is 9.59 Å². The van der Waals surface area contributed by atoms with Gasteiger partial charge in [0.1, 0.15) is 5.69 Å². The van der Waals surface area contributed by atoms with Gasteiger partial charge in [0.2, 0.25) is 5.91 Å². The summed E-state index contributed by atoms with van der Waals surface area (Å²) in [4.78, 5) is 31.4. The third-order valence-corrected chi connectivity index (χ3v) is 3.90. The van der Waals surface area contributed by atoms with Crippen molar-refractivity contribution in [3.05, 3.63) is 24.3 Å². The minimum Gasteiger partial charge on any atom is -0.353 e. The molecule has 0 aromatic carbocycles. The minimum absolute atomic E-state index is 0.00465. The van der Waals surface area contributed by atoms with Crippen LogP contribution in [0.5, 0.6) is 0 Å². The van der Waals surface area contributed by atoms with E-state index in [1.165, 1.54) is 50.7 Å². The third-order valence-electron chi connectivity index (χ3n) is 3.90. The molecule has 0 unspecified atom stereocenters. The Labute approximate surface area is 131 Å². The molecule has 0 spiro atoms. The smallest absolute Gasteiger partial charge is 0.271 e. The summed E-state index contributed by atoms with van der Waals surface area (Å²) in [6.45, 7) is 0.313. The van der Waals surface area contributed by atoms with Gasteiger partial charge in [-0.25, -0.2) is 4.98 Å². The predicted molar refractivity (Wildman–Crippen MR) is 83.2 cm³/mol. The Balaban J connectivity index is 1.65. The van der Waals surface area contributed by atoms with E-state index in [0.29, 0.717) is 19.0 Å². The fourth-order valence-electron chi connectivity index (χ4n) is 2.70. The van der Waals surface area contributed by atoms with E-state index in [4.69, 9.17) is 0 Å². The SMILES string of the molecule is O=C(CCNC(=O)c1cnccn1)NC1CCCCCCC1. The monoisotopic (exact) mass is 304 g/mol. The van der Waals surface area contributed by atoms with Crippen LogP contribution in [0.3, 0.4) is 0 Å². The molecule has 0 saturated heterocycles. The number of carbonyl (C=O) groups is 2. The molecule has 6 nitrogen and oxygen atoms in total. The second-order valence-corrected chi connectivity index (χ2v) is 5.71. The van der Waals surface area contributed by atoms with Gasteiger partial charge in [-0.3, -0.25) is 14.6 Å². The molecule has 0 bridgehead atoms. The van der Waals surface area contributed by atoms with E-state index in [9.17, 15) is 9.59 Å². The topological polar surface area (TPSA) is 84.0 Å². The number of hydrogen-bond acceptors (Lipinski definition) is 4. The van der Waals surface area contributed by atoms with Crippen LogP contribution >= 0.6 is 0 Å². The Morgan fingerprint density at radius 2 is 1.82 bits per heavy atom. The lowest BCUT2D eigenvalue weighted by atomic mass is 9.96. The standard InChI is InChI=1S/C16H24N4O2/c21-15(20-13-6-4-2-1-3-5-7-13)8-9-19-16(22)14-12-17-10-11-18-14/h10-13H,1-9H2,(H,19,22)(H,20,21). The zero-order chi connectivity index (χ0) is 15.6. The van der Waals surface area contributed by atoms with Crippen LogP contribution in [0.2, 0.25) is 0 Å². The molecular formula is C16H24N4O2. The zero-order valence-electron chi connectivity index (χ0n) is 12.9. The molecule has 6 heteroatoms. The second kappa shape index (κ2) is 9.12. The van der Waals surface area contributed by atoms with E-state index in [1.807, 2.05) is 0 Å². The molecule has 2 N–H and O–H groups in total. The van der Waals surface area contributed by atoms with Crippen LogP contribution in [0.4, 0.5) is 0 Å². The molecular weight excluding hydrogens is 280 g/mol. The average molecular weight is 304 g/mol. The van der Waals surface area contributed by atoms with Gasteiger partial charge < -0.3 is 10.6 Å². The van der Waals surface area contributed by atoms with Crippen LogP contribution in [0.15, 0.2) is 18.6 Å². The lowest BCUT2D eigenvalue weighted by Crippen LogP contribution is -2.37. The van der Waals surface area contributed by atoms with Crippen molar-refractivity contribution in [2.45, 2.75) is 57.4 Å². The van der Waals surface area contributed by atoms with E-state index in [-0.39, 0.29) is 17.5 Å². The van der Waals surface area contributed by atoms with Gasteiger partial charge in [-0.15, -0.1) is 0 Å². The summed E-state index contributed by atoms with van der Waals surface area (Å²) in [6.07, 6.45) is 13.0. The summed E-state index contributed by atoms with van der Waals surface area (Å²) >= 11 is 0. The summed E-state index contributed by atoms with van der Waals surface area (Å²) < 4.78 is 0. The first kappa shape index (κ1) is 16.4. The largest absolute Gasteiger partial charge is 0.353 e. The number of carbonyl (C=O) groups excluding carboxylic acids is 2. The highest BCUT2D eigenvalue weighted by molar-refractivity contribution is 5.92. The van der Waals surface area contributed by atoms with Crippen molar-refractivity contribution in [3.63, 3.8) is 0 Å². The summed E-state index contributed by atoms with van der Waals surface area (Å²) in [5, 5.41) is 5.77. The predicted octanol–water partition coefficient (Wildman–Crippen LogP) is 1.83. The summed E-state index contributed by atoms with van der Waals surface area (Å²) in [6, 6.07) is 0.295. The molecule has 1 aromatic heterocycles. The number of nitrogens with zero attached hydrogens (tertiary/aromatic N) is 2. The number of rotatable bonds is 5. The second-order valence-electron chi connectivity index (χ2n) is 5.71. The van der Waals surface area contributed by atoms with Gasteiger partial charge in [0.15, 0.2) is 0 Å². The zero-order valence-corrected chi connectivity index (χ0v) is 12.9. The molecule has 0 atom stereocenters. The van der Waals surface area contributed by atoms with Crippen LogP contribution in [0.1, 0.15) is 61.9 Å². The maximum atomic E-state index is 11.9. The number of nitrogens with one attached hydrogen (secondary N) is 2. The molecule has 120 valence electrons. The molecule has 2 rings (SSSR count). The highest BCUT2D eigenvalue weighted by Gasteiger charge is 2.14. The highest BCUT2D eigenvalue weighted by atomic mass is 16.2. The molecule has 1 aliphatic carbocycles. The quantitative estimate of drug-likeness (QED) is 0.869. The van der Waals surface area contributed by atoms with Crippen molar-refractivity contribution in [3.8, 4) is 0 Å². The van der Waals surface area contributed by atoms with Gasteiger partial charge in [0.25, 0.3) is 5.91 Å². The Kier molecular flexibility index (Phi) is 6.80. The van der Waals surface area contributed by atoms with Gasteiger partial charge in [-0.05, 0) is 12.8 Å². The average Bonchev–Trinajstić information content (AvgIpc) is 2.50. The molecule has 1 aromatic rings. The molecule has 1 fully saturated rings. The van der Waals surface area contributed by atoms with Crippen molar-refractivity contribution >= 4 is 11.8 Å². The van der Waals surface area contributed by atoms with E-state index in [2.05, 4.69) is 20.6 Å². The fourth-order valence-corrected chi connectivity index (χ4v) is 2.70. The van der Waals surface area contributed by atoms with Gasteiger partial charge in [-0.2, -0.15) is 0 Å². The van der Waals surface area contributed by atoms with Crippen molar-refractivity contribution in [1.29, 1.82) is 0 Å². The van der Waals surface area contributed by atoms with E-state index in [1.54, 1.807) is 0 Å². The lowest BCUT2D eigenvalue weighted by Gasteiger charge is -2.21. The summed E-state index contributed by atoms with van der Waals surface area (Å²) in [7, 11) is 0. The Morgan fingerprint density at radius 1 is 1.09 bits per heavy atom. The molecule has 1 saturated carbocycles. The van der Waals surface area contributed by atoms with Crippen molar-refractivity contribution in [1.82, 2.24) is 20.6 Å². The van der Waals surface area contributed by atoms with Crippen LogP contribution in [0, 0.1) is 0 Å². The Bertz CT molecular complexity index is 470. The van der Waals surface area contributed by atoms with Gasteiger partial charge in [0, 0.05) is 31.4 Å². The lowest BCUT2D eigenvalue weighted by molar-refractivity contribution is -0.121. The van der Waals surface area contributed by atoms with E-state index in [0.717, 1.165) is 12.8 Å². The first-order valence-corrected chi connectivity index (χ1v) is 8.09. The first-order chi connectivity index (χ1) is 10.8. The molecule has 2 amide bonds. The Morgan fingerprint density at radius 3 is 2.50 bits per heavy atom. The molecule has 1 heterocycles. The fraction of sp³-hybridized carbons (Fsp3) is 0.625. The van der Waals surface area contributed by atoms with Crippen molar-refractivity contribution in [2.24, 2.45) is 0 Å². The molecule has 1 aliphatic rings. The normalized spacial score (nSPS) is 16.4. The van der Waals surface area contributed by atoms with E-state index >= 15 is 0 Å². The maximum Gasteiger partial charge on any atom is 0.271 e. The van der Waals surface area contributed by atoms with Crippen molar-refractivity contribution in [2.75, 3.05) is 6.54 Å². The van der Waals surface area contributed by atoms with Crippen LogP contribution in [0.25, 0.3) is 0 Å². The number of aromatic nitrogens is 2. The first-order valence-electron chi connectivity index (χ1n) is 8.09. The molecule has 0 aliphatic heterocycles. The minimum atomic E-state index is -0.299. The highest BCUT2D eigenvalue weighted by Crippen LogP contribution is 2.17. The summed E-state index contributed by atoms with van der Waals surface area (Å²) in [5.41, 5.74) is 0.267. The molecule has 0 radical (unpaired) electrons. The summed E-state index contributed by atoms with van der Waals surface area (Å²) in [5.74, 6) is -0.295. The van der Waals surface area contributed by atoms with Crippen LogP contribution < -0.4 is 10.6 Å². The van der Waals surface area contributed by atoms with Gasteiger partial charge in [0.05, 0.1) is 6.20 Å². The molecule has 22 heavy (non-hydrogen) atoms. The van der Waals surface area contributed by atoms with Gasteiger partial charge >= 0.3 is 0 Å². The Hall–Kier alpha value is -1.98. The van der Waals surface area contributed by atoms with Crippen LogP contribution in [-0.2, 0) is 4.79 Å². The third kappa shape index (κ3) is 5.79. The van der Waals surface area contributed by atoms with E-state index < -0.39 is 0 Å². The van der Waals surface area contributed by atoms with Crippen LogP contribution in [-0.4, -0.2) is 34.4 Å². The number of amides is 2.